The highest BCUT2D eigenvalue weighted by atomic mass is 32.1. The van der Waals surface area contributed by atoms with Gasteiger partial charge in [0.1, 0.15) is 5.75 Å². The minimum absolute atomic E-state index is 0.682. The number of thiazole rings is 1. The number of ether oxygens (including phenoxy) is 1. The van der Waals surface area contributed by atoms with E-state index in [0.29, 0.717) is 6.61 Å². The van der Waals surface area contributed by atoms with E-state index >= 15 is 0 Å². The maximum Gasteiger partial charge on any atom is 0.119 e. The number of nitrogen functional groups attached to an aromatic ring is 1. The van der Waals surface area contributed by atoms with Crippen molar-refractivity contribution in [1.82, 2.24) is 4.98 Å². The van der Waals surface area contributed by atoms with Gasteiger partial charge in [-0.05, 0) is 48.9 Å². The highest BCUT2D eigenvalue weighted by molar-refractivity contribution is 7.10. The van der Waals surface area contributed by atoms with Crippen molar-refractivity contribution in [2.45, 2.75) is 13.3 Å². The molecule has 2 aromatic carbocycles. The predicted molar refractivity (Wildman–Crippen MR) is 92.4 cm³/mol. The first-order valence-corrected chi connectivity index (χ1v) is 8.14. The number of nitrogens with zero attached hydrogens (tertiary/aromatic N) is 1. The summed E-state index contributed by atoms with van der Waals surface area (Å²) in [6, 6.07) is 16.0. The molecule has 1 heterocycles. The van der Waals surface area contributed by atoms with Gasteiger partial charge in [-0.15, -0.1) is 11.3 Å². The quantitative estimate of drug-likeness (QED) is 0.711. The molecule has 0 bridgehead atoms. The zero-order valence-corrected chi connectivity index (χ0v) is 13.3. The Labute approximate surface area is 134 Å². The fourth-order valence-electron chi connectivity index (χ4n) is 2.22. The van der Waals surface area contributed by atoms with Crippen molar-refractivity contribution in [2.75, 3.05) is 12.3 Å². The van der Waals surface area contributed by atoms with Crippen LogP contribution >= 0.6 is 11.3 Å². The number of rotatable bonds is 5. The van der Waals surface area contributed by atoms with Crippen LogP contribution in [-0.2, 0) is 6.42 Å². The Morgan fingerprint density at radius 2 is 1.77 bits per heavy atom. The first-order chi connectivity index (χ1) is 10.7. The summed E-state index contributed by atoms with van der Waals surface area (Å²) in [7, 11) is 0. The molecular weight excluding hydrogens is 292 g/mol. The van der Waals surface area contributed by atoms with Crippen molar-refractivity contribution >= 4 is 17.0 Å². The third-order valence-electron chi connectivity index (χ3n) is 3.35. The van der Waals surface area contributed by atoms with Gasteiger partial charge in [0.15, 0.2) is 0 Å². The molecule has 22 heavy (non-hydrogen) atoms. The second-order valence-corrected chi connectivity index (χ2v) is 5.94. The second-order valence-electron chi connectivity index (χ2n) is 5.00. The topological polar surface area (TPSA) is 48.1 Å². The minimum atomic E-state index is 0.682. The average Bonchev–Trinajstić information content (AvgIpc) is 2.99. The SMILES string of the molecule is CCOc1ccc(-c2csc(Cc3ccc(N)cc3)n2)cc1. The van der Waals surface area contributed by atoms with Gasteiger partial charge in [-0.1, -0.05) is 12.1 Å². The lowest BCUT2D eigenvalue weighted by atomic mass is 10.1. The molecule has 4 heteroatoms. The molecule has 0 aliphatic carbocycles. The van der Waals surface area contributed by atoms with Gasteiger partial charge in [-0.3, -0.25) is 0 Å². The van der Waals surface area contributed by atoms with Crippen molar-refractivity contribution < 1.29 is 4.74 Å². The summed E-state index contributed by atoms with van der Waals surface area (Å²) in [5.74, 6) is 0.892. The van der Waals surface area contributed by atoms with Crippen LogP contribution in [0.3, 0.4) is 0 Å². The standard InChI is InChI=1S/C18H18N2OS/c1-2-21-16-9-5-14(6-10-16)17-12-22-18(20-17)11-13-3-7-15(19)8-4-13/h3-10,12H,2,11,19H2,1H3. The van der Waals surface area contributed by atoms with Crippen LogP contribution in [0.4, 0.5) is 5.69 Å². The molecule has 0 amide bonds. The summed E-state index contributed by atoms with van der Waals surface area (Å²) >= 11 is 1.68. The van der Waals surface area contributed by atoms with E-state index in [4.69, 9.17) is 15.5 Å². The van der Waals surface area contributed by atoms with Gasteiger partial charge in [0.05, 0.1) is 17.3 Å². The fraction of sp³-hybridized carbons (Fsp3) is 0.167. The lowest BCUT2D eigenvalue weighted by molar-refractivity contribution is 0.340. The molecule has 0 saturated heterocycles. The Hall–Kier alpha value is -2.33. The highest BCUT2D eigenvalue weighted by Crippen LogP contribution is 2.25. The molecule has 0 aliphatic rings. The molecule has 0 spiro atoms. The molecule has 0 atom stereocenters. The molecule has 3 rings (SSSR count). The molecule has 112 valence electrons. The van der Waals surface area contributed by atoms with Crippen LogP contribution in [0, 0.1) is 0 Å². The Balaban J connectivity index is 1.74. The van der Waals surface area contributed by atoms with E-state index in [1.54, 1.807) is 11.3 Å². The molecule has 3 aromatic rings. The summed E-state index contributed by atoms with van der Waals surface area (Å²) in [6.45, 7) is 2.67. The Bertz CT molecular complexity index is 733. The summed E-state index contributed by atoms with van der Waals surface area (Å²) in [5, 5.41) is 3.20. The third kappa shape index (κ3) is 3.46. The molecule has 0 saturated carbocycles. The Morgan fingerprint density at radius 1 is 1.05 bits per heavy atom. The van der Waals surface area contributed by atoms with Crippen LogP contribution in [0.1, 0.15) is 17.5 Å². The zero-order chi connectivity index (χ0) is 15.4. The average molecular weight is 310 g/mol. The zero-order valence-electron chi connectivity index (χ0n) is 12.5. The molecule has 1 aromatic heterocycles. The number of benzene rings is 2. The molecule has 0 unspecified atom stereocenters. The number of hydrogen-bond donors (Lipinski definition) is 1. The first kappa shape index (κ1) is 14.6. The summed E-state index contributed by atoms with van der Waals surface area (Å²) in [5.41, 5.74) is 9.85. The monoisotopic (exact) mass is 310 g/mol. The van der Waals surface area contributed by atoms with Crippen molar-refractivity contribution in [3.63, 3.8) is 0 Å². The van der Waals surface area contributed by atoms with Gasteiger partial charge in [0.25, 0.3) is 0 Å². The van der Waals surface area contributed by atoms with Gasteiger partial charge in [-0.25, -0.2) is 4.98 Å². The van der Waals surface area contributed by atoms with Crippen LogP contribution in [0.5, 0.6) is 5.75 Å². The predicted octanol–water partition coefficient (Wildman–Crippen LogP) is 4.38. The Morgan fingerprint density at radius 3 is 2.45 bits per heavy atom. The molecule has 0 fully saturated rings. The van der Waals surface area contributed by atoms with Crippen molar-refractivity contribution in [1.29, 1.82) is 0 Å². The third-order valence-corrected chi connectivity index (χ3v) is 4.20. The lowest BCUT2D eigenvalue weighted by Crippen LogP contribution is -1.91. The largest absolute Gasteiger partial charge is 0.494 e. The molecule has 3 nitrogen and oxygen atoms in total. The minimum Gasteiger partial charge on any atom is -0.494 e. The van der Waals surface area contributed by atoms with Crippen LogP contribution in [-0.4, -0.2) is 11.6 Å². The summed E-state index contributed by atoms with van der Waals surface area (Å²) < 4.78 is 5.46. The van der Waals surface area contributed by atoms with Gasteiger partial charge < -0.3 is 10.5 Å². The first-order valence-electron chi connectivity index (χ1n) is 7.26. The fourth-order valence-corrected chi connectivity index (χ4v) is 3.06. The normalized spacial score (nSPS) is 10.6. The molecule has 2 N–H and O–H groups in total. The van der Waals surface area contributed by atoms with E-state index in [2.05, 4.69) is 5.38 Å². The smallest absolute Gasteiger partial charge is 0.119 e. The number of anilines is 1. The van der Waals surface area contributed by atoms with Crippen LogP contribution in [0.15, 0.2) is 53.9 Å². The van der Waals surface area contributed by atoms with Gasteiger partial charge in [0.2, 0.25) is 0 Å². The van der Waals surface area contributed by atoms with Crippen LogP contribution in [0.2, 0.25) is 0 Å². The van der Waals surface area contributed by atoms with E-state index in [1.165, 1.54) is 5.56 Å². The van der Waals surface area contributed by atoms with E-state index in [0.717, 1.165) is 34.1 Å². The molecule has 0 aliphatic heterocycles. The van der Waals surface area contributed by atoms with Crippen LogP contribution in [0.25, 0.3) is 11.3 Å². The van der Waals surface area contributed by atoms with Crippen molar-refractivity contribution in [3.05, 3.63) is 64.5 Å². The van der Waals surface area contributed by atoms with E-state index < -0.39 is 0 Å². The maximum atomic E-state index is 5.71. The number of aromatic nitrogens is 1. The highest BCUT2D eigenvalue weighted by Gasteiger charge is 2.06. The molecular formula is C18H18N2OS. The maximum absolute atomic E-state index is 5.71. The number of hydrogen-bond acceptors (Lipinski definition) is 4. The van der Waals surface area contributed by atoms with E-state index in [9.17, 15) is 0 Å². The van der Waals surface area contributed by atoms with Crippen molar-refractivity contribution in [2.24, 2.45) is 0 Å². The second kappa shape index (κ2) is 6.62. The van der Waals surface area contributed by atoms with E-state index in [-0.39, 0.29) is 0 Å². The lowest BCUT2D eigenvalue weighted by Gasteiger charge is -2.03. The van der Waals surface area contributed by atoms with Crippen molar-refractivity contribution in [3.8, 4) is 17.0 Å². The summed E-state index contributed by atoms with van der Waals surface area (Å²) in [6.07, 6.45) is 0.835. The van der Waals surface area contributed by atoms with Gasteiger partial charge >= 0.3 is 0 Å². The number of nitrogens with two attached hydrogens (primary N) is 1. The van der Waals surface area contributed by atoms with E-state index in [1.807, 2.05) is 55.5 Å². The van der Waals surface area contributed by atoms with Gasteiger partial charge in [-0.2, -0.15) is 0 Å². The summed E-state index contributed by atoms with van der Waals surface area (Å²) in [4.78, 5) is 4.72. The molecule has 0 radical (unpaired) electrons. The van der Waals surface area contributed by atoms with Gasteiger partial charge in [0, 0.05) is 23.1 Å². The van der Waals surface area contributed by atoms with Crippen LogP contribution < -0.4 is 10.5 Å². The Kier molecular flexibility index (Phi) is 4.39.